The molecule has 3 atom stereocenters. The first-order valence-electron chi connectivity index (χ1n) is 6.54. The van der Waals surface area contributed by atoms with Gasteiger partial charge in [0, 0.05) is 6.04 Å². The lowest BCUT2D eigenvalue weighted by molar-refractivity contribution is 0.252. The first-order chi connectivity index (χ1) is 8.75. The third-order valence-corrected chi connectivity index (χ3v) is 4.15. The van der Waals surface area contributed by atoms with Crippen LogP contribution < -0.4 is 5.32 Å². The van der Waals surface area contributed by atoms with Crippen molar-refractivity contribution in [2.45, 2.75) is 39.2 Å². The molecule has 1 N–H and O–H groups in total. The maximum atomic E-state index is 4.17. The lowest BCUT2D eigenvalue weighted by Crippen LogP contribution is -2.35. The molecular weight excluding hydrogens is 228 g/mol. The molecule has 18 heavy (non-hydrogen) atoms. The van der Waals surface area contributed by atoms with Crippen molar-refractivity contribution in [1.82, 2.24) is 25.0 Å². The van der Waals surface area contributed by atoms with Crippen LogP contribution >= 0.6 is 0 Å². The molecule has 2 aromatic rings. The van der Waals surface area contributed by atoms with Gasteiger partial charge >= 0.3 is 0 Å². The van der Waals surface area contributed by atoms with Gasteiger partial charge in [-0.15, -0.1) is 5.10 Å². The fourth-order valence-corrected chi connectivity index (χ4v) is 2.75. The molecule has 1 aliphatic carbocycles. The van der Waals surface area contributed by atoms with E-state index in [4.69, 9.17) is 0 Å². The van der Waals surface area contributed by atoms with Gasteiger partial charge in [0.05, 0.1) is 12.4 Å². The molecule has 0 spiro atoms. The summed E-state index contributed by atoms with van der Waals surface area (Å²) in [4.78, 5) is 4.17. The van der Waals surface area contributed by atoms with Gasteiger partial charge in [0.2, 0.25) is 0 Å². The molecule has 1 aliphatic rings. The highest BCUT2D eigenvalue weighted by Crippen LogP contribution is 2.31. The number of rotatable bonds is 2. The predicted molar refractivity (Wildman–Crippen MR) is 68.2 cm³/mol. The van der Waals surface area contributed by atoms with Crippen molar-refractivity contribution in [3.63, 3.8) is 0 Å². The van der Waals surface area contributed by atoms with Crippen LogP contribution in [0.1, 0.15) is 33.1 Å². The summed E-state index contributed by atoms with van der Waals surface area (Å²) in [6, 6.07) is 0.477. The van der Waals surface area contributed by atoms with Crippen LogP contribution in [0.25, 0.3) is 5.65 Å². The zero-order valence-electron chi connectivity index (χ0n) is 10.7. The lowest BCUT2D eigenvalue weighted by atomic mass is 9.78. The average Bonchev–Trinajstić information content (AvgIpc) is 2.84. The van der Waals surface area contributed by atoms with Gasteiger partial charge in [0.1, 0.15) is 0 Å². The van der Waals surface area contributed by atoms with E-state index in [0.29, 0.717) is 17.6 Å². The third-order valence-electron chi connectivity index (χ3n) is 4.15. The molecule has 6 nitrogen and oxygen atoms in total. The number of hydrogen-bond acceptors (Lipinski definition) is 5. The van der Waals surface area contributed by atoms with Gasteiger partial charge < -0.3 is 5.32 Å². The van der Waals surface area contributed by atoms with E-state index in [1.807, 2.05) is 0 Å². The molecule has 0 amide bonds. The number of nitrogens with zero attached hydrogens (tertiary/aromatic N) is 5. The minimum Gasteiger partial charge on any atom is -0.366 e. The van der Waals surface area contributed by atoms with Gasteiger partial charge in [0.15, 0.2) is 11.5 Å². The minimum atomic E-state index is 0.477. The molecule has 96 valence electrons. The van der Waals surface area contributed by atoms with E-state index >= 15 is 0 Å². The van der Waals surface area contributed by atoms with Gasteiger partial charge in [-0.05, 0) is 28.7 Å². The van der Waals surface area contributed by atoms with Crippen LogP contribution in [-0.2, 0) is 0 Å². The van der Waals surface area contributed by atoms with Crippen molar-refractivity contribution in [1.29, 1.82) is 0 Å². The van der Waals surface area contributed by atoms with E-state index in [0.717, 1.165) is 11.7 Å². The van der Waals surface area contributed by atoms with Crippen molar-refractivity contribution in [3.8, 4) is 0 Å². The number of nitrogens with one attached hydrogen (secondary N) is 1. The van der Waals surface area contributed by atoms with Gasteiger partial charge in [-0.2, -0.15) is 4.52 Å². The van der Waals surface area contributed by atoms with Crippen LogP contribution in [0.3, 0.4) is 0 Å². The Morgan fingerprint density at radius 1 is 1.28 bits per heavy atom. The molecule has 0 aliphatic heterocycles. The van der Waals surface area contributed by atoms with Gasteiger partial charge in [-0.25, -0.2) is 0 Å². The molecule has 0 bridgehead atoms. The summed E-state index contributed by atoms with van der Waals surface area (Å²) >= 11 is 0. The summed E-state index contributed by atoms with van der Waals surface area (Å²) in [5.74, 6) is 2.30. The summed E-state index contributed by atoms with van der Waals surface area (Å²) < 4.78 is 1.71. The molecule has 2 heterocycles. The van der Waals surface area contributed by atoms with Crippen molar-refractivity contribution in [2.24, 2.45) is 11.8 Å². The smallest absolute Gasteiger partial charge is 0.199 e. The summed E-state index contributed by atoms with van der Waals surface area (Å²) in [6.45, 7) is 4.64. The second-order valence-electron chi connectivity index (χ2n) is 5.26. The highest BCUT2D eigenvalue weighted by Gasteiger charge is 2.27. The largest absolute Gasteiger partial charge is 0.366 e. The Hall–Kier alpha value is -1.72. The van der Waals surface area contributed by atoms with E-state index in [9.17, 15) is 0 Å². The Bertz CT molecular complexity index is 536. The van der Waals surface area contributed by atoms with E-state index in [-0.39, 0.29) is 0 Å². The normalized spacial score (nSPS) is 28.4. The number of aromatic nitrogens is 5. The summed E-state index contributed by atoms with van der Waals surface area (Å²) in [5.41, 5.74) is 0.677. The van der Waals surface area contributed by atoms with Crippen molar-refractivity contribution >= 4 is 11.5 Å². The van der Waals surface area contributed by atoms with Crippen LogP contribution in [0.2, 0.25) is 0 Å². The third kappa shape index (κ3) is 1.91. The molecule has 0 radical (unpaired) electrons. The Kier molecular flexibility index (Phi) is 2.85. The quantitative estimate of drug-likeness (QED) is 0.874. The van der Waals surface area contributed by atoms with E-state index in [1.165, 1.54) is 19.3 Å². The van der Waals surface area contributed by atoms with Gasteiger partial charge in [-0.1, -0.05) is 26.7 Å². The molecule has 3 unspecified atom stereocenters. The summed E-state index contributed by atoms with van der Waals surface area (Å²) in [5, 5.41) is 15.1. The van der Waals surface area contributed by atoms with Crippen LogP contribution in [0, 0.1) is 11.8 Å². The first kappa shape index (κ1) is 11.4. The average molecular weight is 246 g/mol. The Morgan fingerprint density at radius 2 is 2.17 bits per heavy atom. The number of tetrazole rings is 1. The Morgan fingerprint density at radius 3 is 3.06 bits per heavy atom. The summed E-state index contributed by atoms with van der Waals surface area (Å²) in [6.07, 6.45) is 7.26. The fraction of sp³-hybridized carbons (Fsp3) is 0.667. The number of hydrogen-bond donors (Lipinski definition) is 1. The maximum Gasteiger partial charge on any atom is 0.199 e. The zero-order chi connectivity index (χ0) is 12.5. The standard InChI is InChI=1S/C12H18N6/c1-8-4-3-5-10(9(8)2)14-11-6-13-7-12-15-16-17-18(11)12/h6-10,14H,3-5H2,1-2H3. The van der Waals surface area contributed by atoms with Crippen LogP contribution in [-0.4, -0.2) is 31.1 Å². The van der Waals surface area contributed by atoms with Crippen molar-refractivity contribution in [2.75, 3.05) is 5.32 Å². The zero-order valence-corrected chi connectivity index (χ0v) is 10.7. The fourth-order valence-electron chi connectivity index (χ4n) is 2.75. The van der Waals surface area contributed by atoms with Crippen LogP contribution in [0.4, 0.5) is 5.82 Å². The number of anilines is 1. The first-order valence-corrected chi connectivity index (χ1v) is 6.54. The Balaban J connectivity index is 1.85. The van der Waals surface area contributed by atoms with E-state index in [2.05, 4.69) is 39.7 Å². The van der Waals surface area contributed by atoms with Crippen molar-refractivity contribution < 1.29 is 0 Å². The van der Waals surface area contributed by atoms with Crippen LogP contribution in [0.5, 0.6) is 0 Å². The van der Waals surface area contributed by atoms with Gasteiger partial charge in [-0.3, -0.25) is 4.98 Å². The van der Waals surface area contributed by atoms with Crippen molar-refractivity contribution in [3.05, 3.63) is 12.4 Å². The molecule has 6 heteroatoms. The molecule has 1 saturated carbocycles. The Labute approximate surface area is 106 Å². The van der Waals surface area contributed by atoms with E-state index in [1.54, 1.807) is 16.9 Å². The predicted octanol–water partition coefficient (Wildman–Crippen LogP) is 1.76. The molecule has 0 aromatic carbocycles. The second-order valence-corrected chi connectivity index (χ2v) is 5.26. The monoisotopic (exact) mass is 246 g/mol. The van der Waals surface area contributed by atoms with E-state index < -0.39 is 0 Å². The SMILES string of the molecule is CC1CCCC(Nc2cncc3nnnn23)C1C. The lowest BCUT2D eigenvalue weighted by Gasteiger charge is -2.35. The van der Waals surface area contributed by atoms with Gasteiger partial charge in [0.25, 0.3) is 0 Å². The topological polar surface area (TPSA) is 68.0 Å². The summed E-state index contributed by atoms with van der Waals surface area (Å²) in [7, 11) is 0. The second kappa shape index (κ2) is 4.51. The highest BCUT2D eigenvalue weighted by molar-refractivity contribution is 5.44. The molecular formula is C12H18N6. The van der Waals surface area contributed by atoms with Crippen LogP contribution in [0.15, 0.2) is 12.4 Å². The molecule has 0 saturated heterocycles. The molecule has 3 rings (SSSR count). The number of fused-ring (bicyclic) bond motifs is 1. The minimum absolute atomic E-state index is 0.477. The molecule has 2 aromatic heterocycles. The molecule has 1 fully saturated rings. The maximum absolute atomic E-state index is 4.17. The highest BCUT2D eigenvalue weighted by atomic mass is 15.5.